The Hall–Kier alpha value is -2.10. The summed E-state index contributed by atoms with van der Waals surface area (Å²) in [5, 5.41) is 11.9. The van der Waals surface area contributed by atoms with Crippen LogP contribution in [-0.4, -0.2) is 23.0 Å². The fourth-order valence-electron chi connectivity index (χ4n) is 2.86. The molecule has 1 aromatic carbocycles. The first-order valence-electron chi connectivity index (χ1n) is 7.89. The van der Waals surface area contributed by atoms with Crippen LogP contribution in [0.4, 0.5) is 0 Å². The fraction of sp³-hybridized carbons (Fsp3) is 0.444. The minimum Gasteiger partial charge on any atom is -0.480 e. The molecule has 0 bridgehead atoms. The number of carboxylic acids is 1. The SMILES string of the molecule is O=C(CC1CCCC1)N[C@H](C/C=C/c1ccccc1)C(=O)O. The van der Waals surface area contributed by atoms with Crippen molar-refractivity contribution in [1.29, 1.82) is 0 Å². The number of aliphatic carboxylic acids is 1. The molecule has 0 aromatic heterocycles. The number of amides is 1. The molecule has 0 spiro atoms. The number of carboxylic acid groups (broad SMARTS) is 1. The summed E-state index contributed by atoms with van der Waals surface area (Å²) in [7, 11) is 0. The highest BCUT2D eigenvalue weighted by molar-refractivity contribution is 5.83. The molecule has 22 heavy (non-hydrogen) atoms. The summed E-state index contributed by atoms with van der Waals surface area (Å²) >= 11 is 0. The molecule has 0 radical (unpaired) electrons. The topological polar surface area (TPSA) is 66.4 Å². The predicted octanol–water partition coefficient (Wildman–Crippen LogP) is 3.24. The molecule has 4 nitrogen and oxygen atoms in total. The van der Waals surface area contributed by atoms with Crippen molar-refractivity contribution in [3.8, 4) is 0 Å². The van der Waals surface area contributed by atoms with E-state index in [1.165, 1.54) is 12.8 Å². The molecule has 0 aliphatic heterocycles. The molecular weight excluding hydrogens is 278 g/mol. The van der Waals surface area contributed by atoms with E-state index in [4.69, 9.17) is 0 Å². The summed E-state index contributed by atoms with van der Waals surface area (Å²) in [6.07, 6.45) is 8.94. The average molecular weight is 301 g/mol. The Kier molecular flexibility index (Phi) is 6.19. The average Bonchev–Trinajstić information content (AvgIpc) is 3.00. The highest BCUT2D eigenvalue weighted by Crippen LogP contribution is 2.27. The second-order valence-electron chi connectivity index (χ2n) is 5.86. The van der Waals surface area contributed by atoms with Gasteiger partial charge in [0.15, 0.2) is 0 Å². The third-order valence-electron chi connectivity index (χ3n) is 4.06. The van der Waals surface area contributed by atoms with Crippen LogP contribution in [0, 0.1) is 5.92 Å². The summed E-state index contributed by atoms with van der Waals surface area (Å²) in [5.74, 6) is -0.709. The quantitative estimate of drug-likeness (QED) is 0.812. The van der Waals surface area contributed by atoms with E-state index in [0.717, 1.165) is 18.4 Å². The van der Waals surface area contributed by atoms with E-state index < -0.39 is 12.0 Å². The summed E-state index contributed by atoms with van der Waals surface area (Å²) in [6, 6.07) is 8.83. The van der Waals surface area contributed by atoms with Gasteiger partial charge in [-0.3, -0.25) is 4.79 Å². The van der Waals surface area contributed by atoms with Gasteiger partial charge in [0.2, 0.25) is 5.91 Å². The van der Waals surface area contributed by atoms with E-state index >= 15 is 0 Å². The number of rotatable bonds is 7. The summed E-state index contributed by atoms with van der Waals surface area (Å²) in [6.45, 7) is 0. The third kappa shape index (κ3) is 5.35. The maximum Gasteiger partial charge on any atom is 0.326 e. The monoisotopic (exact) mass is 301 g/mol. The van der Waals surface area contributed by atoms with Gasteiger partial charge in [0.05, 0.1) is 0 Å². The van der Waals surface area contributed by atoms with E-state index in [2.05, 4.69) is 5.32 Å². The normalized spacial score (nSPS) is 16.7. The first kappa shape index (κ1) is 16.3. The van der Waals surface area contributed by atoms with Crippen LogP contribution in [0.3, 0.4) is 0 Å². The van der Waals surface area contributed by atoms with Gasteiger partial charge in [0, 0.05) is 6.42 Å². The van der Waals surface area contributed by atoms with Gasteiger partial charge >= 0.3 is 5.97 Å². The van der Waals surface area contributed by atoms with Gasteiger partial charge in [0.1, 0.15) is 6.04 Å². The number of nitrogens with one attached hydrogen (secondary N) is 1. The van der Waals surface area contributed by atoms with Crippen LogP contribution < -0.4 is 5.32 Å². The number of hydrogen-bond acceptors (Lipinski definition) is 2. The van der Waals surface area contributed by atoms with E-state index in [1.807, 2.05) is 36.4 Å². The molecule has 0 heterocycles. The lowest BCUT2D eigenvalue weighted by Gasteiger charge is -2.14. The van der Waals surface area contributed by atoms with E-state index in [-0.39, 0.29) is 5.91 Å². The molecule has 1 saturated carbocycles. The molecule has 2 N–H and O–H groups in total. The molecule has 1 atom stereocenters. The number of carbonyl (C=O) groups excluding carboxylic acids is 1. The van der Waals surface area contributed by atoms with E-state index in [0.29, 0.717) is 18.8 Å². The Morgan fingerprint density at radius 1 is 1.23 bits per heavy atom. The van der Waals surface area contributed by atoms with E-state index in [1.54, 1.807) is 6.08 Å². The van der Waals surface area contributed by atoms with Crippen LogP contribution in [0.5, 0.6) is 0 Å². The van der Waals surface area contributed by atoms with E-state index in [9.17, 15) is 14.7 Å². The molecule has 0 unspecified atom stereocenters. The molecule has 2 rings (SSSR count). The van der Waals surface area contributed by atoms with Crippen LogP contribution >= 0.6 is 0 Å². The minimum atomic E-state index is -0.988. The molecule has 0 saturated heterocycles. The summed E-state index contributed by atoms with van der Waals surface area (Å²) in [4.78, 5) is 23.2. The maximum absolute atomic E-state index is 11.9. The van der Waals surface area contributed by atoms with Gasteiger partial charge in [-0.05, 0) is 30.7 Å². The van der Waals surface area contributed by atoms with Crippen LogP contribution in [0.25, 0.3) is 6.08 Å². The molecule has 1 aliphatic rings. The fourth-order valence-corrected chi connectivity index (χ4v) is 2.86. The molecule has 4 heteroatoms. The Balaban J connectivity index is 1.82. The van der Waals surface area contributed by atoms with Crippen molar-refractivity contribution in [3.05, 3.63) is 42.0 Å². The standard InChI is InChI=1S/C18H23NO3/c20-17(13-15-9-4-5-10-15)19-16(18(21)22)12-6-11-14-7-2-1-3-8-14/h1-3,6-8,11,15-16H,4-5,9-10,12-13H2,(H,19,20)(H,21,22)/b11-6+/t16-/m1/s1. The van der Waals surface area contributed by atoms with Crippen LogP contribution in [0.15, 0.2) is 36.4 Å². The van der Waals surface area contributed by atoms with Crippen LogP contribution in [-0.2, 0) is 9.59 Å². The summed E-state index contributed by atoms with van der Waals surface area (Å²) in [5.41, 5.74) is 1.02. The van der Waals surface area contributed by atoms with Crippen molar-refractivity contribution in [2.45, 2.75) is 44.6 Å². The maximum atomic E-state index is 11.9. The molecule has 118 valence electrons. The second-order valence-corrected chi connectivity index (χ2v) is 5.86. The van der Waals surface area contributed by atoms with Crippen LogP contribution in [0.1, 0.15) is 44.1 Å². The molecule has 1 aromatic rings. The molecular formula is C18H23NO3. The van der Waals surface area contributed by atoms with Crippen molar-refractivity contribution in [1.82, 2.24) is 5.32 Å². The lowest BCUT2D eigenvalue weighted by atomic mass is 10.0. The van der Waals surface area contributed by atoms with Crippen molar-refractivity contribution >= 4 is 18.0 Å². The van der Waals surface area contributed by atoms with Gasteiger partial charge in [-0.25, -0.2) is 4.79 Å². The second kappa shape index (κ2) is 8.37. The van der Waals surface area contributed by atoms with Gasteiger partial charge in [-0.2, -0.15) is 0 Å². The number of hydrogen-bond donors (Lipinski definition) is 2. The van der Waals surface area contributed by atoms with Gasteiger partial charge < -0.3 is 10.4 Å². The van der Waals surface area contributed by atoms with Crippen molar-refractivity contribution in [2.75, 3.05) is 0 Å². The first-order valence-corrected chi connectivity index (χ1v) is 7.89. The Morgan fingerprint density at radius 2 is 1.91 bits per heavy atom. The highest BCUT2D eigenvalue weighted by Gasteiger charge is 2.22. The van der Waals surface area contributed by atoms with Gasteiger partial charge in [-0.15, -0.1) is 0 Å². The smallest absolute Gasteiger partial charge is 0.326 e. The number of benzene rings is 1. The van der Waals surface area contributed by atoms with Crippen molar-refractivity contribution < 1.29 is 14.7 Å². The van der Waals surface area contributed by atoms with Gasteiger partial charge in [-0.1, -0.05) is 55.3 Å². The Bertz CT molecular complexity index is 518. The predicted molar refractivity (Wildman–Crippen MR) is 86.2 cm³/mol. The number of carbonyl (C=O) groups is 2. The third-order valence-corrected chi connectivity index (χ3v) is 4.06. The lowest BCUT2D eigenvalue weighted by molar-refractivity contribution is -0.141. The molecule has 1 amide bonds. The first-order chi connectivity index (χ1) is 10.6. The van der Waals surface area contributed by atoms with Gasteiger partial charge in [0.25, 0.3) is 0 Å². The summed E-state index contributed by atoms with van der Waals surface area (Å²) < 4.78 is 0. The minimum absolute atomic E-state index is 0.146. The zero-order chi connectivity index (χ0) is 15.8. The Labute approximate surface area is 131 Å². The zero-order valence-corrected chi connectivity index (χ0v) is 12.7. The Morgan fingerprint density at radius 3 is 2.55 bits per heavy atom. The zero-order valence-electron chi connectivity index (χ0n) is 12.7. The van der Waals surface area contributed by atoms with Crippen molar-refractivity contribution in [3.63, 3.8) is 0 Å². The largest absolute Gasteiger partial charge is 0.480 e. The lowest BCUT2D eigenvalue weighted by Crippen LogP contribution is -2.40. The van der Waals surface area contributed by atoms with Crippen LogP contribution in [0.2, 0.25) is 0 Å². The highest BCUT2D eigenvalue weighted by atomic mass is 16.4. The van der Waals surface area contributed by atoms with Crippen molar-refractivity contribution in [2.24, 2.45) is 5.92 Å². The molecule has 1 aliphatic carbocycles. The molecule has 1 fully saturated rings.